The van der Waals surface area contributed by atoms with E-state index in [2.05, 4.69) is 6.58 Å². The van der Waals surface area contributed by atoms with Crippen molar-refractivity contribution in [2.45, 2.75) is 34.1 Å². The number of hydrogen-bond donors (Lipinski definition) is 1. The van der Waals surface area contributed by atoms with Crippen molar-refractivity contribution in [1.29, 1.82) is 0 Å². The molecule has 1 saturated heterocycles. The van der Waals surface area contributed by atoms with Crippen LogP contribution in [0.5, 0.6) is 0 Å². The first kappa shape index (κ1) is 32.8. The van der Waals surface area contributed by atoms with Gasteiger partial charge in [0.15, 0.2) is 5.78 Å². The fourth-order valence-corrected chi connectivity index (χ4v) is 6.60. The van der Waals surface area contributed by atoms with Crippen molar-refractivity contribution in [2.24, 2.45) is 17.8 Å². The number of esters is 1. The molecule has 0 spiro atoms. The Kier molecular flexibility index (Phi) is 8.76. The molecule has 46 heavy (non-hydrogen) atoms. The van der Waals surface area contributed by atoms with Gasteiger partial charge in [-0.1, -0.05) is 73.1 Å². The summed E-state index contributed by atoms with van der Waals surface area (Å²) in [6.45, 7) is 11.5. The van der Waals surface area contributed by atoms with Crippen LogP contribution in [-0.4, -0.2) is 59.3 Å². The molecule has 3 atom stereocenters. The number of ketones is 1. The van der Waals surface area contributed by atoms with E-state index in [1.54, 1.807) is 25.2 Å². The Balaban J connectivity index is 0.00000417. The number of carbonyl (C=O) groups is 4. The Bertz CT molecular complexity index is 2070. The van der Waals surface area contributed by atoms with Gasteiger partial charge in [0, 0.05) is 17.2 Å². The first-order chi connectivity index (χ1) is 21.5. The van der Waals surface area contributed by atoms with Crippen LogP contribution < -0.4 is 25.7 Å². The van der Waals surface area contributed by atoms with Gasteiger partial charge in [-0.05, 0) is 37.7 Å². The fraction of sp³-hybridized carbons (Fsp3) is 0.257. The monoisotopic (exact) mass is 626 g/mol. The predicted octanol–water partition coefficient (Wildman–Crippen LogP) is 2.80. The van der Waals surface area contributed by atoms with Crippen molar-refractivity contribution >= 4 is 76.9 Å². The van der Waals surface area contributed by atoms with Gasteiger partial charge in [-0.15, -0.1) is 39.2 Å². The number of carbonyl (C=O) groups excluding carboxylic acids is 3. The zero-order valence-electron chi connectivity index (χ0n) is 26.2. The zero-order valence-corrected chi connectivity index (χ0v) is 27.6. The predicted molar refractivity (Wildman–Crippen MR) is 173 cm³/mol. The standard InChI is InChI=1S/C35H32N4O6.Mg/c1-7-18-15(3)22-11-23-16(4)20(9-10-28(41)42)32(38-23)30-31(35(44)45-6)34(43)29-17(5)24(39-33(29)30)12-26-19(8-2)21(14-40)27(37-26)13-25(18)36-22;/h7,9-14,16,20,31H,1,8H2,2-6H3,(H3,38,39,40,41,42,43);/q-2;+2/p-2/b10-9-,23-11-,27-13-;/t16-,20-,31+;/m0./s1. The fourth-order valence-electron chi connectivity index (χ4n) is 6.60. The van der Waals surface area contributed by atoms with Gasteiger partial charge in [-0.25, -0.2) is 4.79 Å². The summed E-state index contributed by atoms with van der Waals surface area (Å²) in [6, 6.07) is 0. The largest absolute Gasteiger partial charge is 2.00 e. The van der Waals surface area contributed by atoms with Gasteiger partial charge in [-0.3, -0.25) is 14.4 Å². The second-order valence-corrected chi connectivity index (χ2v) is 11.3. The van der Waals surface area contributed by atoms with Crippen LogP contribution in [0.1, 0.15) is 79.6 Å². The third-order valence-corrected chi connectivity index (χ3v) is 8.97. The number of nitrogens with zero attached hydrogens (tertiary/aromatic N) is 4. The number of aromatic nitrogens is 3. The number of rotatable bonds is 6. The van der Waals surface area contributed by atoms with E-state index in [-0.39, 0.29) is 34.5 Å². The van der Waals surface area contributed by atoms with E-state index in [4.69, 9.17) is 25.0 Å². The number of carboxylic acids is 1. The second-order valence-electron chi connectivity index (χ2n) is 11.3. The minimum absolute atomic E-state index is 0. The SMILES string of the molecule is C=Cc1c2[n-]c(c1C)/C=C1\[N-]/C(=C3\c4[n-]c(c(C)c4C(=O)[C@@H]3C(=O)OC)/C=c3\[n-]/c(c(C=O)c3CC)=C\2)[C@@H](/C=C\C(=O)O)[C@@H]1C.[Mg+2]. The molecule has 1 fully saturated rings. The molecule has 230 valence electrons. The van der Waals surface area contributed by atoms with Crippen LogP contribution in [0.3, 0.4) is 0 Å². The average Bonchev–Trinajstić information content (AvgIpc) is 3.76. The smallest absolute Gasteiger partial charge is 0.664 e. The summed E-state index contributed by atoms with van der Waals surface area (Å²) in [4.78, 5) is 65.6. The Morgan fingerprint density at radius 3 is 2.35 bits per heavy atom. The van der Waals surface area contributed by atoms with E-state index < -0.39 is 29.6 Å². The van der Waals surface area contributed by atoms with Gasteiger partial charge in [0.25, 0.3) is 0 Å². The van der Waals surface area contributed by atoms with E-state index in [0.29, 0.717) is 68.0 Å². The topological polar surface area (TPSA) is 154 Å². The Hall–Kier alpha value is -4.61. The number of carboxylic acid groups (broad SMARTS) is 1. The summed E-state index contributed by atoms with van der Waals surface area (Å²) in [7, 11) is 1.21. The maximum atomic E-state index is 13.9. The first-order valence-corrected chi connectivity index (χ1v) is 14.6. The van der Waals surface area contributed by atoms with Gasteiger partial charge < -0.3 is 30.1 Å². The van der Waals surface area contributed by atoms with Gasteiger partial charge in [-0.2, -0.15) is 5.70 Å². The first-order valence-electron chi connectivity index (χ1n) is 14.6. The maximum absolute atomic E-state index is 13.9. The minimum Gasteiger partial charge on any atom is -0.664 e. The number of aliphatic carboxylic acids is 1. The van der Waals surface area contributed by atoms with E-state index in [1.165, 1.54) is 13.2 Å². The molecule has 5 heterocycles. The van der Waals surface area contributed by atoms with Gasteiger partial charge in [0.2, 0.25) is 0 Å². The number of Topliss-reactive ketones (excluding diaryl/α,β-unsaturated/α-hetero) is 1. The number of aldehydes is 1. The van der Waals surface area contributed by atoms with Crippen molar-refractivity contribution in [1.82, 2.24) is 15.0 Å². The number of methoxy groups -OCH3 is 1. The summed E-state index contributed by atoms with van der Waals surface area (Å²) in [5.74, 6) is -4.60. The number of ether oxygens (including phenoxy) is 1. The molecule has 3 aromatic rings. The molecule has 2 aliphatic heterocycles. The third kappa shape index (κ3) is 4.94. The van der Waals surface area contributed by atoms with Crippen molar-refractivity contribution in [3.05, 3.63) is 102 Å². The number of hydrogen-bond acceptors (Lipinski definition) is 5. The van der Waals surface area contributed by atoms with E-state index >= 15 is 0 Å². The van der Waals surface area contributed by atoms with Crippen molar-refractivity contribution in [2.75, 3.05) is 7.11 Å². The molecular weight excluding hydrogens is 597 g/mol. The van der Waals surface area contributed by atoms with Crippen molar-refractivity contribution in [3.63, 3.8) is 0 Å². The summed E-state index contributed by atoms with van der Waals surface area (Å²) in [6.07, 6.45) is 10.9. The zero-order chi connectivity index (χ0) is 32.3. The molecule has 1 N–H and O–H groups in total. The third-order valence-electron chi connectivity index (χ3n) is 8.97. The van der Waals surface area contributed by atoms with Crippen LogP contribution in [0.4, 0.5) is 0 Å². The molecular formula is C35H30MgN4O6-2. The van der Waals surface area contributed by atoms with Crippen LogP contribution >= 0.6 is 0 Å². The summed E-state index contributed by atoms with van der Waals surface area (Å²) < 4.78 is 5.08. The molecule has 0 radical (unpaired) electrons. The second kappa shape index (κ2) is 12.3. The van der Waals surface area contributed by atoms with Gasteiger partial charge in [0.1, 0.15) is 12.2 Å². The summed E-state index contributed by atoms with van der Waals surface area (Å²) in [5, 5.41) is 15.4. The molecule has 8 bridgehead atoms. The molecule has 3 aliphatic rings. The molecule has 11 heteroatoms. The van der Waals surface area contributed by atoms with Crippen LogP contribution in [0.25, 0.3) is 35.2 Å². The van der Waals surface area contributed by atoms with Gasteiger partial charge in [0.05, 0.1) is 7.11 Å². The molecule has 1 aliphatic carbocycles. The molecule has 3 aromatic heterocycles. The van der Waals surface area contributed by atoms with Crippen LogP contribution in [0, 0.1) is 31.6 Å². The normalized spacial score (nSPS) is 23.8. The molecule has 10 nitrogen and oxygen atoms in total. The Morgan fingerprint density at radius 1 is 1.02 bits per heavy atom. The Morgan fingerprint density at radius 2 is 1.72 bits per heavy atom. The Labute approximate surface area is 281 Å². The molecule has 0 aromatic carbocycles. The van der Waals surface area contributed by atoms with Crippen molar-refractivity contribution in [3.8, 4) is 0 Å². The number of allylic oxidation sites excluding steroid dienone is 2. The van der Waals surface area contributed by atoms with Crippen LogP contribution in [-0.2, 0) is 20.7 Å². The molecule has 0 amide bonds. The average molecular weight is 627 g/mol. The summed E-state index contributed by atoms with van der Waals surface area (Å²) in [5.41, 5.74) is 6.84. The van der Waals surface area contributed by atoms with Crippen LogP contribution in [0.15, 0.2) is 30.1 Å². The van der Waals surface area contributed by atoms with E-state index in [9.17, 15) is 24.3 Å². The van der Waals surface area contributed by atoms with Crippen molar-refractivity contribution < 1.29 is 29.0 Å². The van der Waals surface area contributed by atoms with E-state index in [0.717, 1.165) is 29.1 Å². The summed E-state index contributed by atoms with van der Waals surface area (Å²) >= 11 is 0. The van der Waals surface area contributed by atoms with E-state index in [1.807, 2.05) is 26.8 Å². The van der Waals surface area contributed by atoms with Gasteiger partial charge >= 0.3 is 35.0 Å². The molecule has 0 saturated carbocycles. The quantitative estimate of drug-likeness (QED) is 0.143. The molecule has 6 rings (SSSR count). The number of fused-ring (bicyclic) bond motifs is 7. The minimum atomic E-state index is -1.31. The maximum Gasteiger partial charge on any atom is 2.00 e. The van der Waals surface area contributed by atoms with Crippen LogP contribution in [0.2, 0.25) is 0 Å². The molecule has 0 unspecified atom stereocenters.